The Hall–Kier alpha value is -1.80. The van der Waals surface area contributed by atoms with Gasteiger partial charge in [-0.1, -0.05) is 17.8 Å². The molecule has 2 fully saturated rings. The van der Waals surface area contributed by atoms with Gasteiger partial charge in [0.1, 0.15) is 5.82 Å². The van der Waals surface area contributed by atoms with Crippen molar-refractivity contribution in [2.45, 2.75) is 39.0 Å². The van der Waals surface area contributed by atoms with E-state index in [1.165, 1.54) is 11.8 Å². The van der Waals surface area contributed by atoms with Gasteiger partial charge in [0.25, 0.3) is 5.24 Å². The molecule has 3 heterocycles. The number of ether oxygens (including phenoxy) is 1. The number of carbonyl (C=O) groups is 2. The highest BCUT2D eigenvalue weighted by molar-refractivity contribution is 8.13. The summed E-state index contributed by atoms with van der Waals surface area (Å²) in [5.41, 5.74) is 0.962. The summed E-state index contributed by atoms with van der Waals surface area (Å²) >= 11 is 1.32. The zero-order valence-electron chi connectivity index (χ0n) is 15.3. The molecule has 0 bridgehead atoms. The number of rotatable bonds is 6. The Morgan fingerprint density at radius 2 is 2.12 bits per heavy atom. The fourth-order valence-corrected chi connectivity index (χ4v) is 4.08. The minimum Gasteiger partial charge on any atom is -0.372 e. The molecule has 2 aliphatic heterocycles. The van der Waals surface area contributed by atoms with E-state index in [9.17, 15) is 9.59 Å². The van der Waals surface area contributed by atoms with Crippen LogP contribution in [-0.2, 0) is 16.1 Å². The van der Waals surface area contributed by atoms with Crippen molar-refractivity contribution in [1.82, 2.24) is 15.2 Å². The molecular formula is C18H26N4O3S. The number of amides is 2. The minimum atomic E-state index is -0.0467. The predicted octanol–water partition coefficient (Wildman–Crippen LogP) is 1.87. The van der Waals surface area contributed by atoms with Crippen molar-refractivity contribution in [2.75, 3.05) is 36.8 Å². The molecule has 8 heteroatoms. The molecule has 0 aromatic carbocycles. The number of aromatic nitrogens is 1. The quantitative estimate of drug-likeness (QED) is 0.815. The molecule has 7 nitrogen and oxygen atoms in total. The van der Waals surface area contributed by atoms with Gasteiger partial charge in [-0.25, -0.2) is 4.98 Å². The smallest absolute Gasteiger partial charge is 0.281 e. The van der Waals surface area contributed by atoms with Crippen molar-refractivity contribution in [3.05, 3.63) is 23.9 Å². The van der Waals surface area contributed by atoms with Crippen LogP contribution >= 0.6 is 11.8 Å². The maximum atomic E-state index is 12.0. The van der Waals surface area contributed by atoms with E-state index < -0.39 is 0 Å². The molecule has 3 rings (SSSR count). The number of nitrogens with one attached hydrogen (secondary N) is 1. The van der Waals surface area contributed by atoms with E-state index in [4.69, 9.17) is 4.74 Å². The van der Waals surface area contributed by atoms with Crippen molar-refractivity contribution in [1.29, 1.82) is 0 Å². The number of pyridine rings is 1. The highest BCUT2D eigenvalue weighted by Crippen LogP contribution is 2.19. The van der Waals surface area contributed by atoms with Crippen molar-refractivity contribution in [3.8, 4) is 0 Å². The second kappa shape index (κ2) is 8.73. The van der Waals surface area contributed by atoms with Gasteiger partial charge in [0.2, 0.25) is 5.91 Å². The molecular weight excluding hydrogens is 352 g/mol. The van der Waals surface area contributed by atoms with Gasteiger partial charge in [-0.05, 0) is 25.5 Å². The van der Waals surface area contributed by atoms with Crippen LogP contribution in [0.15, 0.2) is 18.3 Å². The van der Waals surface area contributed by atoms with E-state index in [0.717, 1.165) is 36.8 Å². The lowest BCUT2D eigenvalue weighted by molar-refractivity contribution is -0.121. The van der Waals surface area contributed by atoms with Crippen molar-refractivity contribution in [3.63, 3.8) is 0 Å². The molecule has 0 unspecified atom stereocenters. The Bertz CT molecular complexity index is 630. The van der Waals surface area contributed by atoms with Crippen LogP contribution < -0.4 is 10.2 Å². The molecule has 2 saturated heterocycles. The lowest BCUT2D eigenvalue weighted by Gasteiger charge is -2.36. The molecule has 1 aromatic rings. The van der Waals surface area contributed by atoms with E-state index in [1.54, 1.807) is 11.1 Å². The van der Waals surface area contributed by atoms with Gasteiger partial charge in [0.15, 0.2) is 0 Å². The molecule has 26 heavy (non-hydrogen) atoms. The zero-order valence-corrected chi connectivity index (χ0v) is 16.1. The molecule has 0 saturated carbocycles. The summed E-state index contributed by atoms with van der Waals surface area (Å²) in [4.78, 5) is 32.0. The van der Waals surface area contributed by atoms with Crippen LogP contribution in [0.4, 0.5) is 10.6 Å². The van der Waals surface area contributed by atoms with Crippen molar-refractivity contribution >= 4 is 28.7 Å². The minimum absolute atomic E-state index is 0.0467. The van der Waals surface area contributed by atoms with Crippen LogP contribution in [0.25, 0.3) is 0 Å². The number of thioether (sulfide) groups is 1. The average molecular weight is 378 g/mol. The van der Waals surface area contributed by atoms with E-state index in [0.29, 0.717) is 19.5 Å². The van der Waals surface area contributed by atoms with Gasteiger partial charge >= 0.3 is 0 Å². The van der Waals surface area contributed by atoms with Gasteiger partial charge in [0, 0.05) is 51.1 Å². The van der Waals surface area contributed by atoms with Crippen LogP contribution in [-0.4, -0.2) is 65.2 Å². The van der Waals surface area contributed by atoms with Gasteiger partial charge in [0.05, 0.1) is 12.2 Å². The second-order valence-corrected chi connectivity index (χ2v) is 7.86. The van der Waals surface area contributed by atoms with E-state index in [-0.39, 0.29) is 23.4 Å². The molecule has 0 spiro atoms. The van der Waals surface area contributed by atoms with Crippen LogP contribution in [0.1, 0.15) is 25.8 Å². The molecule has 0 aliphatic carbocycles. The van der Waals surface area contributed by atoms with Gasteiger partial charge in [-0.2, -0.15) is 0 Å². The summed E-state index contributed by atoms with van der Waals surface area (Å²) in [5.74, 6) is 1.71. The van der Waals surface area contributed by atoms with Crippen LogP contribution in [0.5, 0.6) is 0 Å². The Morgan fingerprint density at radius 3 is 2.73 bits per heavy atom. The number of anilines is 1. The second-order valence-electron chi connectivity index (χ2n) is 6.82. The maximum Gasteiger partial charge on any atom is 0.281 e. The summed E-state index contributed by atoms with van der Waals surface area (Å²) in [5, 5.41) is 2.97. The largest absolute Gasteiger partial charge is 0.372 e. The van der Waals surface area contributed by atoms with E-state index in [1.807, 2.05) is 12.1 Å². The predicted molar refractivity (Wildman–Crippen MR) is 102 cm³/mol. The first-order valence-corrected chi connectivity index (χ1v) is 10.0. The van der Waals surface area contributed by atoms with Crippen LogP contribution in [0.2, 0.25) is 0 Å². The summed E-state index contributed by atoms with van der Waals surface area (Å²) < 4.78 is 5.75. The standard InChI is InChI=1S/C18H26N4O3S/c1-13-11-22(12-14(2)25-13)16-4-3-15(9-19-16)10-20-17(23)5-6-21-7-8-26-18(21)24/h3-4,9,13-14H,5-8,10-12H2,1-2H3,(H,20,23)/t13-,14-/m0/s1. The fourth-order valence-electron chi connectivity index (χ4n) is 3.23. The van der Waals surface area contributed by atoms with E-state index >= 15 is 0 Å². The van der Waals surface area contributed by atoms with Gasteiger partial charge in [-0.3, -0.25) is 9.59 Å². The highest BCUT2D eigenvalue weighted by atomic mass is 32.2. The summed E-state index contributed by atoms with van der Waals surface area (Å²) in [7, 11) is 0. The lowest BCUT2D eigenvalue weighted by atomic mass is 10.2. The third-order valence-electron chi connectivity index (χ3n) is 4.50. The third kappa shape index (κ3) is 5.11. The lowest BCUT2D eigenvalue weighted by Crippen LogP contribution is -2.45. The average Bonchev–Trinajstić information content (AvgIpc) is 3.03. The summed E-state index contributed by atoms with van der Waals surface area (Å²) in [6.45, 7) is 7.48. The summed E-state index contributed by atoms with van der Waals surface area (Å²) in [6, 6.07) is 3.99. The number of hydrogen-bond donors (Lipinski definition) is 1. The molecule has 2 atom stereocenters. The molecule has 142 valence electrons. The van der Waals surface area contributed by atoms with Crippen LogP contribution in [0.3, 0.4) is 0 Å². The van der Waals surface area contributed by atoms with E-state index in [2.05, 4.69) is 29.0 Å². The molecule has 1 aromatic heterocycles. The Balaban J connectivity index is 1.44. The Kier molecular flexibility index (Phi) is 6.37. The normalized spacial score (nSPS) is 23.4. The third-order valence-corrected chi connectivity index (χ3v) is 5.39. The number of morpholine rings is 1. The number of nitrogens with zero attached hydrogens (tertiary/aromatic N) is 3. The number of carbonyl (C=O) groups excluding carboxylic acids is 2. The summed E-state index contributed by atoms with van der Waals surface area (Å²) in [6.07, 6.45) is 2.53. The zero-order chi connectivity index (χ0) is 18.5. The van der Waals surface area contributed by atoms with Crippen LogP contribution in [0, 0.1) is 0 Å². The molecule has 1 N–H and O–H groups in total. The van der Waals surface area contributed by atoms with Gasteiger partial charge in [-0.15, -0.1) is 0 Å². The first-order chi connectivity index (χ1) is 12.5. The Labute approximate surface area is 158 Å². The SMILES string of the molecule is C[C@H]1CN(c2ccc(CNC(=O)CCN3CCSC3=O)cn2)C[C@H](C)O1. The van der Waals surface area contributed by atoms with Gasteiger partial charge < -0.3 is 19.9 Å². The monoisotopic (exact) mass is 378 g/mol. The first kappa shape index (κ1) is 19.0. The first-order valence-electron chi connectivity index (χ1n) is 9.05. The number of hydrogen-bond acceptors (Lipinski definition) is 6. The Morgan fingerprint density at radius 1 is 1.35 bits per heavy atom. The molecule has 0 radical (unpaired) electrons. The molecule has 2 aliphatic rings. The maximum absolute atomic E-state index is 12.0. The van der Waals surface area contributed by atoms with Crippen molar-refractivity contribution < 1.29 is 14.3 Å². The topological polar surface area (TPSA) is 74.8 Å². The van der Waals surface area contributed by atoms with Crippen molar-refractivity contribution in [2.24, 2.45) is 0 Å². The molecule has 2 amide bonds. The highest BCUT2D eigenvalue weighted by Gasteiger charge is 2.23. The fraction of sp³-hybridized carbons (Fsp3) is 0.611.